The zero-order valence-corrected chi connectivity index (χ0v) is 18.6. The first-order valence-corrected chi connectivity index (χ1v) is 11.1. The minimum absolute atomic E-state index is 0.328. The first-order chi connectivity index (χ1) is 16.0. The fraction of sp³-hybridized carbons (Fsp3) is 0.167. The molecule has 0 aliphatic rings. The molecule has 1 atom stereocenters. The summed E-state index contributed by atoms with van der Waals surface area (Å²) in [5, 5.41) is 19.8. The topological polar surface area (TPSA) is 83.1 Å². The smallest absolute Gasteiger partial charge is 0.220 e. The molecule has 0 aliphatic carbocycles. The summed E-state index contributed by atoms with van der Waals surface area (Å²) in [5.74, 6) is 0.817. The monoisotopic (exact) mass is 464 g/mol. The molecule has 1 aromatic heterocycles. The lowest BCUT2D eigenvalue weighted by Crippen LogP contribution is -2.12. The summed E-state index contributed by atoms with van der Waals surface area (Å²) in [4.78, 5) is 11.2. The molecule has 0 N–H and O–H groups in total. The Morgan fingerprint density at radius 1 is 1.03 bits per heavy atom. The second-order valence-electron chi connectivity index (χ2n) is 7.28. The maximum atomic E-state index is 13.4. The van der Waals surface area contributed by atoms with Crippen molar-refractivity contribution >= 4 is 11.8 Å². The standard InChI is InChI=1S/C24H21FN4O3S/c1-17-26-27-24(29(17)20-13-11-19(25)12-14-20)33-23(15-28(30)31)21-9-5-6-10-22(21)32-16-18-7-3-2-4-8-18/h2-14,23H,15-16H2,1H3/t23-/m0/s1. The second-order valence-corrected chi connectivity index (χ2v) is 8.45. The Kier molecular flexibility index (Phi) is 6.99. The molecule has 0 unspecified atom stereocenters. The Labute approximate surface area is 194 Å². The van der Waals surface area contributed by atoms with Crippen LogP contribution in [0.15, 0.2) is 84.0 Å². The van der Waals surface area contributed by atoms with Gasteiger partial charge in [-0.2, -0.15) is 0 Å². The van der Waals surface area contributed by atoms with Crippen molar-refractivity contribution in [2.45, 2.75) is 23.9 Å². The molecule has 0 saturated heterocycles. The van der Waals surface area contributed by atoms with Gasteiger partial charge < -0.3 is 4.74 Å². The van der Waals surface area contributed by atoms with Crippen LogP contribution in [0.1, 0.15) is 22.2 Å². The molecule has 168 valence electrons. The van der Waals surface area contributed by atoms with E-state index in [0.717, 1.165) is 5.56 Å². The van der Waals surface area contributed by atoms with Gasteiger partial charge in [0.25, 0.3) is 0 Å². The van der Waals surface area contributed by atoms with Gasteiger partial charge in [0.1, 0.15) is 29.2 Å². The first kappa shape index (κ1) is 22.5. The van der Waals surface area contributed by atoms with Crippen molar-refractivity contribution in [3.63, 3.8) is 0 Å². The molecule has 0 spiro atoms. The Balaban J connectivity index is 1.64. The number of halogens is 1. The highest BCUT2D eigenvalue weighted by Crippen LogP contribution is 2.40. The Morgan fingerprint density at radius 2 is 1.73 bits per heavy atom. The summed E-state index contributed by atoms with van der Waals surface area (Å²) >= 11 is 1.23. The number of aryl methyl sites for hydroxylation is 1. The largest absolute Gasteiger partial charge is 0.489 e. The number of para-hydroxylation sites is 1. The summed E-state index contributed by atoms with van der Waals surface area (Å²) in [5.41, 5.74) is 2.37. The molecule has 0 amide bonds. The Hall–Kier alpha value is -3.72. The van der Waals surface area contributed by atoms with E-state index >= 15 is 0 Å². The lowest BCUT2D eigenvalue weighted by molar-refractivity contribution is -0.479. The molecule has 0 fully saturated rings. The van der Waals surface area contributed by atoms with Gasteiger partial charge in [-0.05, 0) is 42.8 Å². The fourth-order valence-electron chi connectivity index (χ4n) is 3.38. The third-order valence-electron chi connectivity index (χ3n) is 4.95. The molecule has 9 heteroatoms. The average Bonchev–Trinajstić information content (AvgIpc) is 3.18. The normalized spacial score (nSPS) is 11.8. The quantitative estimate of drug-likeness (QED) is 0.187. The highest BCUT2D eigenvalue weighted by atomic mass is 32.2. The van der Waals surface area contributed by atoms with E-state index < -0.39 is 5.25 Å². The van der Waals surface area contributed by atoms with Gasteiger partial charge in [-0.25, -0.2) is 4.39 Å². The lowest BCUT2D eigenvalue weighted by Gasteiger charge is -2.18. The predicted octanol–water partition coefficient (Wildman–Crippen LogP) is 5.40. The summed E-state index contributed by atoms with van der Waals surface area (Å²) in [7, 11) is 0. The van der Waals surface area contributed by atoms with Crippen LogP contribution in [0, 0.1) is 22.9 Å². The molecule has 0 radical (unpaired) electrons. The van der Waals surface area contributed by atoms with Gasteiger partial charge in [0.2, 0.25) is 6.54 Å². The molecule has 3 aromatic carbocycles. The van der Waals surface area contributed by atoms with Crippen LogP contribution in [-0.2, 0) is 6.61 Å². The van der Waals surface area contributed by atoms with Crippen molar-refractivity contribution in [1.82, 2.24) is 14.8 Å². The van der Waals surface area contributed by atoms with Gasteiger partial charge in [-0.3, -0.25) is 14.7 Å². The van der Waals surface area contributed by atoms with E-state index in [0.29, 0.717) is 34.6 Å². The van der Waals surface area contributed by atoms with Gasteiger partial charge in [0.05, 0.1) is 0 Å². The van der Waals surface area contributed by atoms with E-state index in [1.807, 2.05) is 54.6 Å². The molecule has 7 nitrogen and oxygen atoms in total. The van der Waals surface area contributed by atoms with Crippen LogP contribution in [0.3, 0.4) is 0 Å². The summed E-state index contributed by atoms with van der Waals surface area (Å²) in [6, 6.07) is 23.0. The van der Waals surface area contributed by atoms with E-state index in [9.17, 15) is 14.5 Å². The highest BCUT2D eigenvalue weighted by molar-refractivity contribution is 7.99. The number of nitro groups is 1. The molecule has 0 bridgehead atoms. The van der Waals surface area contributed by atoms with Crippen molar-refractivity contribution in [2.24, 2.45) is 0 Å². The van der Waals surface area contributed by atoms with Crippen molar-refractivity contribution in [1.29, 1.82) is 0 Å². The Morgan fingerprint density at radius 3 is 2.45 bits per heavy atom. The zero-order valence-electron chi connectivity index (χ0n) is 17.8. The molecular weight excluding hydrogens is 443 g/mol. The SMILES string of the molecule is Cc1nnc(S[C@@H](C[N+](=O)[O-])c2ccccc2OCc2ccccc2)n1-c1ccc(F)cc1. The summed E-state index contributed by atoms with van der Waals surface area (Å²) in [6.07, 6.45) is 0. The maximum absolute atomic E-state index is 13.4. The van der Waals surface area contributed by atoms with E-state index in [1.54, 1.807) is 23.6 Å². The molecular formula is C24H21FN4O3S. The number of nitrogens with zero attached hydrogens (tertiary/aromatic N) is 4. The minimum Gasteiger partial charge on any atom is -0.489 e. The second kappa shape index (κ2) is 10.3. The molecule has 4 rings (SSSR count). The number of ether oxygens (including phenoxy) is 1. The van der Waals surface area contributed by atoms with Crippen LogP contribution in [0.4, 0.5) is 4.39 Å². The van der Waals surface area contributed by atoms with E-state index in [2.05, 4.69) is 10.2 Å². The van der Waals surface area contributed by atoms with Crippen molar-refractivity contribution in [2.75, 3.05) is 6.54 Å². The number of aromatic nitrogens is 3. The lowest BCUT2D eigenvalue weighted by atomic mass is 10.1. The van der Waals surface area contributed by atoms with E-state index in [4.69, 9.17) is 4.74 Å². The van der Waals surface area contributed by atoms with Gasteiger partial charge in [-0.15, -0.1) is 10.2 Å². The number of thioether (sulfide) groups is 1. The van der Waals surface area contributed by atoms with Crippen LogP contribution in [-0.4, -0.2) is 26.2 Å². The molecule has 1 heterocycles. The van der Waals surface area contributed by atoms with Crippen LogP contribution >= 0.6 is 11.8 Å². The number of hydrogen-bond acceptors (Lipinski definition) is 6. The van der Waals surface area contributed by atoms with Gasteiger partial charge in [-0.1, -0.05) is 60.3 Å². The van der Waals surface area contributed by atoms with E-state index in [1.165, 1.54) is 23.9 Å². The van der Waals surface area contributed by atoms with Crippen molar-refractivity contribution in [3.8, 4) is 11.4 Å². The summed E-state index contributed by atoms with van der Waals surface area (Å²) < 4.78 is 21.2. The third-order valence-corrected chi connectivity index (χ3v) is 6.11. The van der Waals surface area contributed by atoms with Crippen molar-refractivity contribution < 1.29 is 14.1 Å². The third kappa shape index (κ3) is 5.56. The highest BCUT2D eigenvalue weighted by Gasteiger charge is 2.26. The van der Waals surface area contributed by atoms with Crippen LogP contribution < -0.4 is 4.74 Å². The molecule has 0 saturated carbocycles. The fourth-order valence-corrected chi connectivity index (χ4v) is 4.59. The molecule has 4 aromatic rings. The van der Waals surface area contributed by atoms with Crippen LogP contribution in [0.5, 0.6) is 5.75 Å². The average molecular weight is 465 g/mol. The molecule has 33 heavy (non-hydrogen) atoms. The van der Waals surface area contributed by atoms with E-state index in [-0.39, 0.29) is 17.3 Å². The maximum Gasteiger partial charge on any atom is 0.220 e. The van der Waals surface area contributed by atoms with Crippen LogP contribution in [0.2, 0.25) is 0 Å². The number of benzene rings is 3. The Bertz CT molecular complexity index is 1230. The van der Waals surface area contributed by atoms with Crippen LogP contribution in [0.25, 0.3) is 5.69 Å². The zero-order chi connectivity index (χ0) is 23.2. The minimum atomic E-state index is -0.574. The van der Waals surface area contributed by atoms with Gasteiger partial charge in [0.15, 0.2) is 5.16 Å². The van der Waals surface area contributed by atoms with Crippen molar-refractivity contribution in [3.05, 3.63) is 112 Å². The van der Waals surface area contributed by atoms with Gasteiger partial charge in [0, 0.05) is 16.2 Å². The predicted molar refractivity (Wildman–Crippen MR) is 124 cm³/mol. The molecule has 0 aliphatic heterocycles. The summed E-state index contributed by atoms with van der Waals surface area (Å²) in [6.45, 7) is 1.80. The first-order valence-electron chi connectivity index (χ1n) is 10.2. The number of hydrogen-bond donors (Lipinski definition) is 0. The van der Waals surface area contributed by atoms with Gasteiger partial charge >= 0.3 is 0 Å². The number of rotatable bonds is 9.